The highest BCUT2D eigenvalue weighted by molar-refractivity contribution is 5.94. The molecule has 0 aliphatic carbocycles. The van der Waals surface area contributed by atoms with Crippen molar-refractivity contribution >= 4 is 11.8 Å². The molecular weight excluding hydrogens is 327 g/mol. The second-order valence-corrected chi connectivity index (χ2v) is 6.00. The number of likely N-dealkylation sites (tertiary alicyclic amines) is 1. The van der Waals surface area contributed by atoms with E-state index in [4.69, 9.17) is 4.52 Å². The van der Waals surface area contributed by atoms with Gasteiger partial charge in [0.2, 0.25) is 11.8 Å². The second kappa shape index (κ2) is 7.42. The Bertz CT molecular complexity index is 769. The van der Waals surface area contributed by atoms with Crippen LogP contribution in [0.5, 0.6) is 0 Å². The number of piperidine rings is 1. The highest BCUT2D eigenvalue weighted by Gasteiger charge is 2.28. The van der Waals surface area contributed by atoms with Gasteiger partial charge < -0.3 is 14.7 Å². The summed E-state index contributed by atoms with van der Waals surface area (Å²) >= 11 is 0. The molecule has 2 amide bonds. The van der Waals surface area contributed by atoms with Gasteiger partial charge in [0.05, 0.1) is 12.1 Å². The van der Waals surface area contributed by atoms with Crippen LogP contribution in [0.2, 0.25) is 0 Å². The maximum Gasteiger partial charge on any atom is 0.256 e. The number of rotatable bonds is 4. The van der Waals surface area contributed by atoms with Crippen LogP contribution in [-0.4, -0.2) is 39.9 Å². The van der Waals surface area contributed by atoms with Gasteiger partial charge in [-0.25, -0.2) is 4.39 Å². The molecule has 0 radical (unpaired) electrons. The zero-order valence-corrected chi connectivity index (χ0v) is 13.9. The molecule has 1 aromatic carbocycles. The molecule has 0 spiro atoms. The zero-order chi connectivity index (χ0) is 17.8. The molecule has 1 fully saturated rings. The van der Waals surface area contributed by atoms with E-state index >= 15 is 0 Å². The summed E-state index contributed by atoms with van der Waals surface area (Å²) in [7, 11) is 0. The number of hydrogen-bond acceptors (Lipinski definition) is 5. The van der Waals surface area contributed by atoms with Crippen molar-refractivity contribution in [3.63, 3.8) is 0 Å². The first kappa shape index (κ1) is 17.1. The Labute approximate surface area is 144 Å². The summed E-state index contributed by atoms with van der Waals surface area (Å²) in [6.45, 7) is 2.74. The predicted molar refractivity (Wildman–Crippen MR) is 85.9 cm³/mol. The van der Waals surface area contributed by atoms with Gasteiger partial charge in [-0.1, -0.05) is 17.3 Å². The SMILES string of the molecule is Cc1noc(CNC(=O)C2CCN(C(=O)c3ccccc3F)CC2)n1. The molecular formula is C17H19FN4O3. The van der Waals surface area contributed by atoms with Gasteiger partial charge in [0.15, 0.2) is 5.82 Å². The Hall–Kier alpha value is -2.77. The smallest absolute Gasteiger partial charge is 0.256 e. The van der Waals surface area contributed by atoms with Crippen molar-refractivity contribution in [3.8, 4) is 0 Å². The maximum absolute atomic E-state index is 13.7. The van der Waals surface area contributed by atoms with E-state index in [1.165, 1.54) is 12.1 Å². The molecule has 3 rings (SSSR count). The molecule has 0 bridgehead atoms. The van der Waals surface area contributed by atoms with Gasteiger partial charge in [-0.3, -0.25) is 9.59 Å². The fourth-order valence-electron chi connectivity index (χ4n) is 2.87. The fourth-order valence-corrected chi connectivity index (χ4v) is 2.87. The number of aromatic nitrogens is 2. The van der Waals surface area contributed by atoms with Crippen molar-refractivity contribution in [3.05, 3.63) is 47.4 Å². The number of nitrogens with one attached hydrogen (secondary N) is 1. The molecule has 2 aromatic rings. The average molecular weight is 346 g/mol. The summed E-state index contributed by atoms with van der Waals surface area (Å²) in [4.78, 5) is 30.2. The van der Waals surface area contributed by atoms with E-state index in [-0.39, 0.29) is 29.8 Å². The maximum atomic E-state index is 13.7. The third-order valence-electron chi connectivity index (χ3n) is 4.24. The highest BCUT2D eigenvalue weighted by Crippen LogP contribution is 2.20. The normalized spacial score (nSPS) is 15.2. The van der Waals surface area contributed by atoms with E-state index in [0.717, 1.165) is 0 Å². The topological polar surface area (TPSA) is 88.3 Å². The molecule has 8 heteroatoms. The Morgan fingerprint density at radius 1 is 1.32 bits per heavy atom. The van der Waals surface area contributed by atoms with Crippen LogP contribution in [-0.2, 0) is 11.3 Å². The van der Waals surface area contributed by atoms with Crippen LogP contribution in [0.3, 0.4) is 0 Å². The molecule has 2 heterocycles. The molecule has 0 unspecified atom stereocenters. The molecule has 25 heavy (non-hydrogen) atoms. The summed E-state index contributed by atoms with van der Waals surface area (Å²) in [5.74, 6) is -0.273. The number of benzene rings is 1. The van der Waals surface area contributed by atoms with E-state index in [1.54, 1.807) is 24.0 Å². The van der Waals surface area contributed by atoms with Crippen LogP contribution in [0, 0.1) is 18.7 Å². The summed E-state index contributed by atoms with van der Waals surface area (Å²) < 4.78 is 18.7. The lowest BCUT2D eigenvalue weighted by atomic mass is 9.95. The quantitative estimate of drug-likeness (QED) is 0.910. The first-order valence-electron chi connectivity index (χ1n) is 8.15. The summed E-state index contributed by atoms with van der Waals surface area (Å²) in [6, 6.07) is 5.93. The minimum Gasteiger partial charge on any atom is -0.347 e. The Morgan fingerprint density at radius 2 is 2.04 bits per heavy atom. The van der Waals surface area contributed by atoms with E-state index in [9.17, 15) is 14.0 Å². The Morgan fingerprint density at radius 3 is 2.68 bits per heavy atom. The lowest BCUT2D eigenvalue weighted by Gasteiger charge is -2.31. The van der Waals surface area contributed by atoms with Gasteiger partial charge in [-0.05, 0) is 31.9 Å². The lowest BCUT2D eigenvalue weighted by Crippen LogP contribution is -2.43. The number of nitrogens with zero attached hydrogens (tertiary/aromatic N) is 3. The van der Waals surface area contributed by atoms with Crippen LogP contribution in [0.25, 0.3) is 0 Å². The predicted octanol–water partition coefficient (Wildman–Crippen LogP) is 1.69. The van der Waals surface area contributed by atoms with Crippen molar-refractivity contribution < 1.29 is 18.5 Å². The zero-order valence-electron chi connectivity index (χ0n) is 13.9. The number of carbonyl (C=O) groups is 2. The van der Waals surface area contributed by atoms with E-state index in [2.05, 4.69) is 15.5 Å². The third-order valence-corrected chi connectivity index (χ3v) is 4.24. The van der Waals surface area contributed by atoms with Gasteiger partial charge in [0.1, 0.15) is 5.82 Å². The van der Waals surface area contributed by atoms with Gasteiger partial charge in [0.25, 0.3) is 5.91 Å². The highest BCUT2D eigenvalue weighted by atomic mass is 19.1. The van der Waals surface area contributed by atoms with Crippen molar-refractivity contribution in [2.75, 3.05) is 13.1 Å². The summed E-state index contributed by atoms with van der Waals surface area (Å²) in [6.07, 6.45) is 1.07. The monoisotopic (exact) mass is 346 g/mol. The number of amides is 2. The van der Waals surface area contributed by atoms with Gasteiger partial charge >= 0.3 is 0 Å². The van der Waals surface area contributed by atoms with Gasteiger partial charge in [-0.2, -0.15) is 4.98 Å². The first-order chi connectivity index (χ1) is 12.0. The molecule has 132 valence electrons. The largest absolute Gasteiger partial charge is 0.347 e. The lowest BCUT2D eigenvalue weighted by molar-refractivity contribution is -0.126. The third kappa shape index (κ3) is 4.01. The van der Waals surface area contributed by atoms with Crippen LogP contribution in [0.1, 0.15) is 34.9 Å². The molecule has 1 saturated heterocycles. The molecule has 1 aliphatic heterocycles. The van der Waals surface area contributed by atoms with Crippen molar-refractivity contribution in [2.24, 2.45) is 5.92 Å². The molecule has 0 saturated carbocycles. The van der Waals surface area contributed by atoms with Crippen molar-refractivity contribution in [1.82, 2.24) is 20.4 Å². The first-order valence-corrected chi connectivity index (χ1v) is 8.15. The standard InChI is InChI=1S/C17H19FN4O3/c1-11-20-15(25-21-11)10-19-16(23)12-6-8-22(9-7-12)17(24)13-4-2-3-5-14(13)18/h2-5,12H,6-10H2,1H3,(H,19,23). The average Bonchev–Trinajstić information content (AvgIpc) is 3.05. The Balaban J connectivity index is 1.50. The summed E-state index contributed by atoms with van der Waals surface area (Å²) in [5.41, 5.74) is 0.0668. The number of halogens is 1. The van der Waals surface area contributed by atoms with Crippen molar-refractivity contribution in [1.29, 1.82) is 0 Å². The molecule has 1 N–H and O–H groups in total. The minimum absolute atomic E-state index is 0.0668. The van der Waals surface area contributed by atoms with Gasteiger partial charge in [-0.15, -0.1) is 0 Å². The van der Waals surface area contributed by atoms with Crippen LogP contribution >= 0.6 is 0 Å². The minimum atomic E-state index is -0.526. The van der Waals surface area contributed by atoms with Crippen LogP contribution < -0.4 is 5.32 Å². The van der Waals surface area contributed by atoms with Crippen LogP contribution in [0.4, 0.5) is 4.39 Å². The second-order valence-electron chi connectivity index (χ2n) is 6.00. The van der Waals surface area contributed by atoms with E-state index in [1.807, 2.05) is 0 Å². The number of hydrogen-bond donors (Lipinski definition) is 1. The van der Waals surface area contributed by atoms with Crippen LogP contribution in [0.15, 0.2) is 28.8 Å². The van der Waals surface area contributed by atoms with Crippen molar-refractivity contribution in [2.45, 2.75) is 26.3 Å². The molecule has 0 atom stereocenters. The summed E-state index contributed by atoms with van der Waals surface area (Å²) in [5, 5.41) is 6.43. The van der Waals surface area contributed by atoms with Gasteiger partial charge in [0, 0.05) is 19.0 Å². The Kier molecular flexibility index (Phi) is 5.06. The fraction of sp³-hybridized carbons (Fsp3) is 0.412. The number of aryl methyl sites for hydroxylation is 1. The van der Waals surface area contributed by atoms with E-state index < -0.39 is 5.82 Å². The molecule has 1 aliphatic rings. The molecule has 1 aromatic heterocycles. The molecule has 7 nitrogen and oxygen atoms in total. The van der Waals surface area contributed by atoms with E-state index in [0.29, 0.717) is 37.6 Å². The number of carbonyl (C=O) groups excluding carboxylic acids is 2.